The van der Waals surface area contributed by atoms with Gasteiger partial charge in [-0.25, -0.2) is 0 Å². The average Bonchev–Trinajstić information content (AvgIpc) is 3.09. The molecule has 3 aromatic rings. The molecule has 1 N–H and O–H groups in total. The predicted octanol–water partition coefficient (Wildman–Crippen LogP) is 2.31. The smallest absolute Gasteiger partial charge is 0.223 e. The van der Waals surface area contributed by atoms with Crippen LogP contribution in [0.3, 0.4) is 0 Å². The van der Waals surface area contributed by atoms with Crippen LogP contribution in [-0.4, -0.2) is 31.3 Å². The zero-order valence-electron chi connectivity index (χ0n) is 14.9. The van der Waals surface area contributed by atoms with Gasteiger partial charge in [0.2, 0.25) is 11.8 Å². The SMILES string of the molecule is CC(=O)N1C=Cc2ccccc2[C@@H]1CC(=O)NCc1nnc2ccccn12. The number of rotatable bonds is 4. The lowest BCUT2D eigenvalue weighted by Crippen LogP contribution is -2.35. The second-order valence-electron chi connectivity index (χ2n) is 6.41. The van der Waals surface area contributed by atoms with E-state index in [1.807, 2.05) is 59.1 Å². The third-order valence-electron chi connectivity index (χ3n) is 4.68. The Morgan fingerprint density at radius 3 is 2.78 bits per heavy atom. The minimum absolute atomic E-state index is 0.0954. The lowest BCUT2D eigenvalue weighted by Gasteiger charge is -2.32. The molecule has 7 heteroatoms. The van der Waals surface area contributed by atoms with Crippen molar-refractivity contribution in [3.05, 3.63) is 71.8 Å². The van der Waals surface area contributed by atoms with E-state index in [9.17, 15) is 9.59 Å². The minimum atomic E-state index is -0.321. The first-order chi connectivity index (χ1) is 13.1. The number of benzene rings is 1. The summed E-state index contributed by atoms with van der Waals surface area (Å²) < 4.78 is 1.83. The van der Waals surface area contributed by atoms with Crippen molar-refractivity contribution in [3.8, 4) is 0 Å². The van der Waals surface area contributed by atoms with E-state index in [1.165, 1.54) is 6.92 Å². The molecule has 0 saturated heterocycles. The summed E-state index contributed by atoms with van der Waals surface area (Å²) in [5, 5.41) is 11.1. The highest BCUT2D eigenvalue weighted by Crippen LogP contribution is 2.32. The average molecular weight is 361 g/mol. The van der Waals surface area contributed by atoms with Gasteiger partial charge < -0.3 is 10.2 Å². The summed E-state index contributed by atoms with van der Waals surface area (Å²) in [5.74, 6) is 0.414. The third kappa shape index (κ3) is 3.31. The molecule has 0 unspecified atom stereocenters. The first-order valence-corrected chi connectivity index (χ1v) is 8.75. The van der Waals surface area contributed by atoms with Crippen LogP contribution in [0.15, 0.2) is 54.9 Å². The number of hydrogen-bond donors (Lipinski definition) is 1. The molecule has 27 heavy (non-hydrogen) atoms. The van der Waals surface area contributed by atoms with Gasteiger partial charge in [0.1, 0.15) is 0 Å². The molecule has 1 aliphatic heterocycles. The molecule has 0 aliphatic carbocycles. The lowest BCUT2D eigenvalue weighted by atomic mass is 9.93. The van der Waals surface area contributed by atoms with E-state index in [2.05, 4.69) is 15.5 Å². The van der Waals surface area contributed by atoms with Crippen molar-refractivity contribution in [2.75, 3.05) is 0 Å². The fourth-order valence-electron chi connectivity index (χ4n) is 3.35. The van der Waals surface area contributed by atoms with Crippen LogP contribution in [0.2, 0.25) is 0 Å². The second kappa shape index (κ2) is 7.03. The Labute approximate surface area is 156 Å². The monoisotopic (exact) mass is 361 g/mol. The Morgan fingerprint density at radius 2 is 1.93 bits per heavy atom. The van der Waals surface area contributed by atoms with Crippen molar-refractivity contribution in [3.63, 3.8) is 0 Å². The van der Waals surface area contributed by atoms with Crippen LogP contribution in [0, 0.1) is 0 Å². The molecule has 1 aliphatic rings. The van der Waals surface area contributed by atoms with Gasteiger partial charge in [0.25, 0.3) is 0 Å². The van der Waals surface area contributed by atoms with Crippen molar-refractivity contribution in [1.82, 2.24) is 24.8 Å². The molecule has 2 amide bonds. The Morgan fingerprint density at radius 1 is 1.11 bits per heavy atom. The van der Waals surface area contributed by atoms with Crippen LogP contribution in [0.25, 0.3) is 11.7 Å². The molecule has 0 fully saturated rings. The van der Waals surface area contributed by atoms with Gasteiger partial charge in [-0.2, -0.15) is 0 Å². The number of fused-ring (bicyclic) bond motifs is 2. The van der Waals surface area contributed by atoms with Gasteiger partial charge in [-0.15, -0.1) is 10.2 Å². The first-order valence-electron chi connectivity index (χ1n) is 8.75. The van der Waals surface area contributed by atoms with Crippen LogP contribution in [0.1, 0.15) is 36.3 Å². The van der Waals surface area contributed by atoms with E-state index < -0.39 is 0 Å². The number of nitrogens with one attached hydrogen (secondary N) is 1. The molecule has 2 aromatic heterocycles. The summed E-state index contributed by atoms with van der Waals surface area (Å²) >= 11 is 0. The van der Waals surface area contributed by atoms with Crippen molar-refractivity contribution in [2.24, 2.45) is 0 Å². The van der Waals surface area contributed by atoms with Gasteiger partial charge in [0.15, 0.2) is 11.5 Å². The largest absolute Gasteiger partial charge is 0.349 e. The highest BCUT2D eigenvalue weighted by atomic mass is 16.2. The van der Waals surface area contributed by atoms with E-state index in [0.717, 1.165) is 16.8 Å². The van der Waals surface area contributed by atoms with E-state index in [4.69, 9.17) is 0 Å². The van der Waals surface area contributed by atoms with Crippen molar-refractivity contribution < 1.29 is 9.59 Å². The highest BCUT2D eigenvalue weighted by Gasteiger charge is 2.28. The van der Waals surface area contributed by atoms with Crippen LogP contribution in [0.4, 0.5) is 0 Å². The second-order valence-corrected chi connectivity index (χ2v) is 6.41. The van der Waals surface area contributed by atoms with Crippen LogP contribution in [-0.2, 0) is 16.1 Å². The summed E-state index contributed by atoms with van der Waals surface area (Å²) in [6, 6.07) is 13.1. The maximum Gasteiger partial charge on any atom is 0.223 e. The number of carbonyl (C=O) groups is 2. The number of nitrogens with zero attached hydrogens (tertiary/aromatic N) is 4. The first kappa shape index (κ1) is 17.0. The molecular formula is C20H19N5O2. The van der Waals surface area contributed by atoms with Gasteiger partial charge in [0.05, 0.1) is 19.0 Å². The normalized spacial score (nSPS) is 15.6. The molecule has 1 atom stereocenters. The van der Waals surface area contributed by atoms with Gasteiger partial charge in [0, 0.05) is 19.3 Å². The van der Waals surface area contributed by atoms with Gasteiger partial charge >= 0.3 is 0 Å². The fourth-order valence-corrected chi connectivity index (χ4v) is 3.35. The standard InChI is InChI=1S/C20H19N5O2/c1-14(26)24-11-9-15-6-2-3-7-16(15)17(24)12-20(27)21-13-19-23-22-18-8-4-5-10-25(18)19/h2-11,17H,12-13H2,1H3,(H,21,27)/t17-/m0/s1. The number of aromatic nitrogens is 3. The maximum absolute atomic E-state index is 12.6. The topological polar surface area (TPSA) is 79.6 Å². The molecule has 0 bridgehead atoms. The summed E-state index contributed by atoms with van der Waals surface area (Å²) in [7, 11) is 0. The molecule has 3 heterocycles. The summed E-state index contributed by atoms with van der Waals surface area (Å²) in [4.78, 5) is 26.2. The van der Waals surface area contributed by atoms with E-state index in [1.54, 1.807) is 11.1 Å². The lowest BCUT2D eigenvalue weighted by molar-refractivity contribution is -0.130. The summed E-state index contributed by atoms with van der Waals surface area (Å²) in [6.07, 6.45) is 5.68. The molecule has 0 radical (unpaired) electrons. The molecule has 0 saturated carbocycles. The molecule has 136 valence electrons. The Balaban J connectivity index is 1.49. The van der Waals surface area contributed by atoms with Gasteiger partial charge in [-0.05, 0) is 29.3 Å². The predicted molar refractivity (Wildman–Crippen MR) is 100 cm³/mol. The fraction of sp³-hybridized carbons (Fsp3) is 0.200. The van der Waals surface area contributed by atoms with Crippen molar-refractivity contribution >= 4 is 23.5 Å². The van der Waals surface area contributed by atoms with E-state index >= 15 is 0 Å². The van der Waals surface area contributed by atoms with Crippen LogP contribution >= 0.6 is 0 Å². The molecule has 0 spiro atoms. The molecule has 1 aromatic carbocycles. The summed E-state index contributed by atoms with van der Waals surface area (Å²) in [6.45, 7) is 1.78. The van der Waals surface area contributed by atoms with E-state index in [0.29, 0.717) is 5.82 Å². The van der Waals surface area contributed by atoms with Crippen LogP contribution in [0.5, 0.6) is 0 Å². The molecule has 4 rings (SSSR count). The minimum Gasteiger partial charge on any atom is -0.349 e. The number of carbonyl (C=O) groups excluding carboxylic acids is 2. The Kier molecular flexibility index (Phi) is 4.42. The molecular weight excluding hydrogens is 342 g/mol. The zero-order valence-corrected chi connectivity index (χ0v) is 14.9. The number of hydrogen-bond acceptors (Lipinski definition) is 4. The highest BCUT2D eigenvalue weighted by molar-refractivity contribution is 5.81. The van der Waals surface area contributed by atoms with E-state index in [-0.39, 0.29) is 30.8 Å². The van der Waals surface area contributed by atoms with Gasteiger partial charge in [-0.1, -0.05) is 30.3 Å². The maximum atomic E-state index is 12.6. The van der Waals surface area contributed by atoms with Crippen molar-refractivity contribution in [1.29, 1.82) is 0 Å². The Bertz CT molecular complexity index is 1040. The number of amides is 2. The Hall–Kier alpha value is -3.48. The molecule has 7 nitrogen and oxygen atoms in total. The quantitative estimate of drug-likeness (QED) is 0.773. The van der Waals surface area contributed by atoms with Crippen LogP contribution < -0.4 is 5.32 Å². The summed E-state index contributed by atoms with van der Waals surface area (Å²) in [5.41, 5.74) is 2.73. The van der Waals surface area contributed by atoms with Gasteiger partial charge in [-0.3, -0.25) is 14.0 Å². The third-order valence-corrected chi connectivity index (χ3v) is 4.68. The zero-order chi connectivity index (χ0) is 18.8. The van der Waals surface area contributed by atoms with Crippen molar-refractivity contribution in [2.45, 2.75) is 25.9 Å². The number of pyridine rings is 1.